The Labute approximate surface area is 127 Å². The van der Waals surface area contributed by atoms with Crippen LogP contribution >= 0.6 is 0 Å². The maximum absolute atomic E-state index is 5.85. The first-order chi connectivity index (χ1) is 10.4. The lowest BCUT2D eigenvalue weighted by Crippen LogP contribution is -2.42. The fourth-order valence-corrected chi connectivity index (χ4v) is 3.98. The first-order valence-corrected chi connectivity index (χ1v) is 8.60. The molecular formula is C18H26N2O. The highest BCUT2D eigenvalue weighted by atomic mass is 16.5. The van der Waals surface area contributed by atoms with E-state index < -0.39 is 0 Å². The Bertz CT molecular complexity index is 480. The van der Waals surface area contributed by atoms with E-state index in [1.165, 1.54) is 50.9 Å². The van der Waals surface area contributed by atoms with Crippen LogP contribution in [0.3, 0.4) is 0 Å². The molecule has 1 saturated heterocycles. The summed E-state index contributed by atoms with van der Waals surface area (Å²) in [5.41, 5.74) is 1.42. The summed E-state index contributed by atoms with van der Waals surface area (Å²) in [4.78, 5) is 2.80. The van der Waals surface area contributed by atoms with Gasteiger partial charge in [0.1, 0.15) is 5.75 Å². The van der Waals surface area contributed by atoms with E-state index in [1.54, 1.807) is 0 Å². The second kappa shape index (κ2) is 5.98. The zero-order chi connectivity index (χ0) is 14.1. The summed E-state index contributed by atoms with van der Waals surface area (Å²) >= 11 is 0. The minimum atomic E-state index is 0.573. The van der Waals surface area contributed by atoms with Gasteiger partial charge in [0, 0.05) is 30.6 Å². The molecule has 2 heterocycles. The average Bonchev–Trinajstić information content (AvgIpc) is 3.38. The molecule has 3 heteroatoms. The van der Waals surface area contributed by atoms with Gasteiger partial charge in [-0.05, 0) is 50.8 Å². The standard InChI is InChI=1S/C18H26N2O/c1-2-6-18-16(5-1)17(9-11-21-18)20(15-7-8-15)13-14-4-3-10-19-12-14/h1-2,5-6,14-15,17,19H,3-4,7-13H2. The third-order valence-corrected chi connectivity index (χ3v) is 5.21. The van der Waals surface area contributed by atoms with E-state index in [4.69, 9.17) is 4.74 Å². The summed E-state index contributed by atoms with van der Waals surface area (Å²) in [5.74, 6) is 1.94. The zero-order valence-electron chi connectivity index (χ0n) is 12.8. The lowest BCUT2D eigenvalue weighted by atomic mass is 9.94. The number of nitrogens with zero attached hydrogens (tertiary/aromatic N) is 1. The Hall–Kier alpha value is -1.06. The molecule has 2 aliphatic heterocycles. The molecule has 21 heavy (non-hydrogen) atoms. The van der Waals surface area contributed by atoms with Crippen molar-refractivity contribution in [2.45, 2.75) is 44.2 Å². The van der Waals surface area contributed by atoms with Gasteiger partial charge in [-0.25, -0.2) is 0 Å². The van der Waals surface area contributed by atoms with Crippen LogP contribution in [0.4, 0.5) is 0 Å². The molecule has 4 rings (SSSR count). The summed E-state index contributed by atoms with van der Waals surface area (Å²) in [7, 11) is 0. The molecule has 2 fully saturated rings. The van der Waals surface area contributed by atoms with Crippen LogP contribution in [0.15, 0.2) is 24.3 Å². The molecule has 2 unspecified atom stereocenters. The van der Waals surface area contributed by atoms with E-state index in [0.29, 0.717) is 6.04 Å². The number of piperidine rings is 1. The fourth-order valence-electron chi connectivity index (χ4n) is 3.98. The molecule has 3 aliphatic rings. The van der Waals surface area contributed by atoms with E-state index in [9.17, 15) is 0 Å². The van der Waals surface area contributed by atoms with E-state index in [0.717, 1.165) is 30.7 Å². The van der Waals surface area contributed by atoms with Crippen LogP contribution in [-0.2, 0) is 0 Å². The van der Waals surface area contributed by atoms with Crippen molar-refractivity contribution in [3.8, 4) is 5.75 Å². The van der Waals surface area contributed by atoms with Crippen LogP contribution in [0.1, 0.15) is 43.7 Å². The SMILES string of the molecule is c1ccc2c(c1)OCCC2N(CC1CCCNC1)C1CC1. The van der Waals surface area contributed by atoms with Crippen LogP contribution in [-0.4, -0.2) is 37.2 Å². The summed E-state index contributed by atoms with van der Waals surface area (Å²) in [6.45, 7) is 4.54. The smallest absolute Gasteiger partial charge is 0.124 e. The van der Waals surface area contributed by atoms with Crippen molar-refractivity contribution in [2.75, 3.05) is 26.2 Å². The second-order valence-corrected chi connectivity index (χ2v) is 6.83. The van der Waals surface area contributed by atoms with Gasteiger partial charge in [0.25, 0.3) is 0 Å². The Morgan fingerprint density at radius 2 is 2.05 bits per heavy atom. The minimum Gasteiger partial charge on any atom is -0.493 e. The van der Waals surface area contributed by atoms with Crippen LogP contribution in [0, 0.1) is 5.92 Å². The van der Waals surface area contributed by atoms with Crippen LogP contribution < -0.4 is 10.1 Å². The highest BCUT2D eigenvalue weighted by Gasteiger charge is 2.38. The van der Waals surface area contributed by atoms with Gasteiger partial charge in [0.15, 0.2) is 0 Å². The van der Waals surface area contributed by atoms with Gasteiger partial charge in [0.05, 0.1) is 6.61 Å². The minimum absolute atomic E-state index is 0.573. The number of benzene rings is 1. The maximum atomic E-state index is 5.85. The molecule has 3 nitrogen and oxygen atoms in total. The average molecular weight is 286 g/mol. The molecule has 0 radical (unpaired) electrons. The van der Waals surface area contributed by atoms with E-state index in [2.05, 4.69) is 34.5 Å². The number of hydrogen-bond donors (Lipinski definition) is 1. The summed E-state index contributed by atoms with van der Waals surface area (Å²) in [5, 5.41) is 3.57. The molecule has 0 aromatic heterocycles. The van der Waals surface area contributed by atoms with Crippen LogP contribution in [0.5, 0.6) is 5.75 Å². The van der Waals surface area contributed by atoms with Gasteiger partial charge in [-0.15, -0.1) is 0 Å². The highest BCUT2D eigenvalue weighted by Crippen LogP contribution is 2.42. The molecule has 1 saturated carbocycles. The lowest BCUT2D eigenvalue weighted by molar-refractivity contribution is 0.107. The molecular weight excluding hydrogens is 260 g/mol. The number of hydrogen-bond acceptors (Lipinski definition) is 3. The first kappa shape index (κ1) is 13.6. The lowest BCUT2D eigenvalue weighted by Gasteiger charge is -2.38. The molecule has 0 bridgehead atoms. The second-order valence-electron chi connectivity index (χ2n) is 6.83. The van der Waals surface area contributed by atoms with E-state index in [1.807, 2.05) is 0 Å². The normalized spacial score (nSPS) is 29.0. The van der Waals surface area contributed by atoms with Crippen LogP contribution in [0.25, 0.3) is 0 Å². The van der Waals surface area contributed by atoms with Crippen molar-refractivity contribution >= 4 is 0 Å². The summed E-state index contributed by atoms with van der Waals surface area (Å²) in [6, 6.07) is 10.1. The van der Waals surface area contributed by atoms with Crippen LogP contribution in [0.2, 0.25) is 0 Å². The van der Waals surface area contributed by atoms with Crippen molar-refractivity contribution in [3.05, 3.63) is 29.8 Å². The summed E-state index contributed by atoms with van der Waals surface area (Å²) < 4.78 is 5.85. The fraction of sp³-hybridized carbons (Fsp3) is 0.667. The Morgan fingerprint density at radius 3 is 2.86 bits per heavy atom. The van der Waals surface area contributed by atoms with Crippen molar-refractivity contribution in [2.24, 2.45) is 5.92 Å². The van der Waals surface area contributed by atoms with Gasteiger partial charge < -0.3 is 10.1 Å². The number of ether oxygens (including phenoxy) is 1. The summed E-state index contributed by atoms with van der Waals surface area (Å²) in [6.07, 6.45) is 6.65. The number of fused-ring (bicyclic) bond motifs is 1. The Kier molecular flexibility index (Phi) is 3.87. The first-order valence-electron chi connectivity index (χ1n) is 8.60. The molecule has 1 aromatic rings. The quantitative estimate of drug-likeness (QED) is 0.921. The van der Waals surface area contributed by atoms with Gasteiger partial charge in [0.2, 0.25) is 0 Å². The topological polar surface area (TPSA) is 24.5 Å². The predicted molar refractivity (Wildman–Crippen MR) is 84.6 cm³/mol. The van der Waals surface area contributed by atoms with Gasteiger partial charge in [-0.3, -0.25) is 4.90 Å². The van der Waals surface area contributed by atoms with Gasteiger partial charge in [-0.1, -0.05) is 18.2 Å². The Balaban J connectivity index is 1.54. The molecule has 1 N–H and O–H groups in total. The molecule has 114 valence electrons. The highest BCUT2D eigenvalue weighted by molar-refractivity contribution is 5.37. The zero-order valence-corrected chi connectivity index (χ0v) is 12.8. The monoisotopic (exact) mass is 286 g/mol. The maximum Gasteiger partial charge on any atom is 0.124 e. The third-order valence-electron chi connectivity index (χ3n) is 5.21. The van der Waals surface area contributed by atoms with Crippen molar-refractivity contribution in [3.63, 3.8) is 0 Å². The predicted octanol–water partition coefficient (Wildman–Crippen LogP) is 2.97. The van der Waals surface area contributed by atoms with Gasteiger partial charge in [-0.2, -0.15) is 0 Å². The van der Waals surface area contributed by atoms with E-state index in [-0.39, 0.29) is 0 Å². The number of para-hydroxylation sites is 1. The third kappa shape index (κ3) is 2.95. The number of rotatable bonds is 4. The largest absolute Gasteiger partial charge is 0.493 e. The molecule has 0 spiro atoms. The van der Waals surface area contributed by atoms with E-state index >= 15 is 0 Å². The van der Waals surface area contributed by atoms with Crippen molar-refractivity contribution in [1.29, 1.82) is 0 Å². The molecule has 1 aromatic carbocycles. The Morgan fingerprint density at radius 1 is 1.14 bits per heavy atom. The van der Waals surface area contributed by atoms with Crippen molar-refractivity contribution < 1.29 is 4.74 Å². The van der Waals surface area contributed by atoms with Crippen molar-refractivity contribution in [1.82, 2.24) is 10.2 Å². The van der Waals surface area contributed by atoms with Gasteiger partial charge >= 0.3 is 0 Å². The molecule has 1 aliphatic carbocycles. The number of nitrogens with one attached hydrogen (secondary N) is 1. The molecule has 2 atom stereocenters. The molecule has 0 amide bonds.